The van der Waals surface area contributed by atoms with E-state index in [0.29, 0.717) is 10.9 Å². The van der Waals surface area contributed by atoms with Gasteiger partial charge in [-0.15, -0.1) is 0 Å². The third kappa shape index (κ3) is 2.58. The third-order valence-electron chi connectivity index (χ3n) is 3.05. The fourth-order valence-corrected chi connectivity index (χ4v) is 1.97. The van der Waals surface area contributed by atoms with Crippen LogP contribution in [0.2, 0.25) is 0 Å². The number of hydrogen-bond acceptors (Lipinski definition) is 5. The minimum atomic E-state index is -0.721. The van der Waals surface area contributed by atoms with Crippen molar-refractivity contribution >= 4 is 16.9 Å². The molecule has 0 unspecified atom stereocenters. The molecule has 22 heavy (non-hydrogen) atoms. The SMILES string of the molecule is N#Cc1cc2ccc(OC(=O)c3ccccc3)cc2oc1=O. The average molecular weight is 291 g/mol. The van der Waals surface area contributed by atoms with Crippen LogP contribution in [0.5, 0.6) is 5.75 Å². The lowest BCUT2D eigenvalue weighted by atomic mass is 10.2. The standard InChI is InChI=1S/C17H9NO4/c18-10-13-8-12-6-7-14(9-15(12)22-17(13)20)21-16(19)11-4-2-1-3-5-11/h1-9H. The van der Waals surface area contributed by atoms with E-state index in [0.717, 1.165) is 0 Å². The smallest absolute Gasteiger partial charge is 0.354 e. The quantitative estimate of drug-likeness (QED) is 0.412. The molecule has 0 aliphatic carbocycles. The van der Waals surface area contributed by atoms with Crippen LogP contribution in [0.15, 0.2) is 63.8 Å². The number of esters is 1. The molecular formula is C17H9NO4. The number of rotatable bonds is 2. The van der Waals surface area contributed by atoms with Crippen LogP contribution in [-0.2, 0) is 0 Å². The summed E-state index contributed by atoms with van der Waals surface area (Å²) in [5, 5.41) is 9.38. The lowest BCUT2D eigenvalue weighted by molar-refractivity contribution is 0.0735. The summed E-state index contributed by atoms with van der Waals surface area (Å²) >= 11 is 0. The first-order valence-electron chi connectivity index (χ1n) is 6.42. The molecule has 0 atom stereocenters. The molecule has 1 aromatic heterocycles. The molecule has 0 N–H and O–H groups in total. The van der Waals surface area contributed by atoms with Crippen LogP contribution in [0.4, 0.5) is 0 Å². The highest BCUT2D eigenvalue weighted by molar-refractivity contribution is 5.91. The molecule has 2 aromatic carbocycles. The van der Waals surface area contributed by atoms with Gasteiger partial charge in [0.25, 0.3) is 0 Å². The second-order valence-corrected chi connectivity index (χ2v) is 4.51. The molecule has 0 amide bonds. The molecule has 0 saturated carbocycles. The van der Waals surface area contributed by atoms with Gasteiger partial charge in [0.1, 0.15) is 23.0 Å². The minimum Gasteiger partial charge on any atom is -0.423 e. The van der Waals surface area contributed by atoms with E-state index in [1.165, 1.54) is 12.1 Å². The van der Waals surface area contributed by atoms with Crippen molar-refractivity contribution in [2.75, 3.05) is 0 Å². The van der Waals surface area contributed by atoms with E-state index in [4.69, 9.17) is 14.4 Å². The monoisotopic (exact) mass is 291 g/mol. The normalized spacial score (nSPS) is 10.1. The van der Waals surface area contributed by atoms with Gasteiger partial charge in [-0.25, -0.2) is 9.59 Å². The van der Waals surface area contributed by atoms with E-state index in [2.05, 4.69) is 0 Å². The topological polar surface area (TPSA) is 80.3 Å². The third-order valence-corrected chi connectivity index (χ3v) is 3.05. The Balaban J connectivity index is 1.94. The summed E-state index contributed by atoms with van der Waals surface area (Å²) < 4.78 is 10.3. The molecule has 0 aliphatic heterocycles. The Morgan fingerprint density at radius 2 is 1.86 bits per heavy atom. The first-order valence-corrected chi connectivity index (χ1v) is 6.42. The van der Waals surface area contributed by atoms with Gasteiger partial charge >= 0.3 is 11.6 Å². The summed E-state index contributed by atoms with van der Waals surface area (Å²) in [5.41, 5.74) is -0.116. The summed E-state index contributed by atoms with van der Waals surface area (Å²) in [6.07, 6.45) is 0. The van der Waals surface area contributed by atoms with Gasteiger partial charge in [0.05, 0.1) is 5.56 Å². The molecule has 0 saturated heterocycles. The van der Waals surface area contributed by atoms with E-state index in [1.54, 1.807) is 48.5 Å². The molecule has 0 radical (unpaired) electrons. The number of nitriles is 1. The number of carbonyl (C=O) groups is 1. The van der Waals surface area contributed by atoms with Crippen molar-refractivity contribution in [3.05, 3.63) is 76.1 Å². The van der Waals surface area contributed by atoms with Crippen molar-refractivity contribution in [2.24, 2.45) is 0 Å². The van der Waals surface area contributed by atoms with Gasteiger partial charge in [-0.1, -0.05) is 18.2 Å². The van der Waals surface area contributed by atoms with E-state index >= 15 is 0 Å². The fraction of sp³-hybridized carbons (Fsp3) is 0. The van der Waals surface area contributed by atoms with Crippen LogP contribution in [0.1, 0.15) is 15.9 Å². The Morgan fingerprint density at radius 1 is 1.09 bits per heavy atom. The predicted octanol–water partition coefficient (Wildman–Crippen LogP) is 2.88. The highest BCUT2D eigenvalue weighted by atomic mass is 16.5. The van der Waals surface area contributed by atoms with Crippen LogP contribution in [0.3, 0.4) is 0 Å². The summed E-state index contributed by atoms with van der Waals surface area (Å²) in [4.78, 5) is 23.5. The molecule has 0 spiro atoms. The van der Waals surface area contributed by atoms with Crippen LogP contribution >= 0.6 is 0 Å². The Morgan fingerprint density at radius 3 is 2.59 bits per heavy atom. The van der Waals surface area contributed by atoms with Crippen molar-refractivity contribution in [3.8, 4) is 11.8 Å². The van der Waals surface area contributed by atoms with Gasteiger partial charge < -0.3 is 9.15 Å². The van der Waals surface area contributed by atoms with E-state index in [1.807, 2.05) is 0 Å². The molecule has 5 heteroatoms. The summed E-state index contributed by atoms with van der Waals surface area (Å²) in [6, 6.07) is 16.4. The maximum atomic E-state index is 12.0. The summed E-state index contributed by atoms with van der Waals surface area (Å²) in [5.74, 6) is -0.245. The lowest BCUT2D eigenvalue weighted by Crippen LogP contribution is -2.08. The number of fused-ring (bicyclic) bond motifs is 1. The van der Waals surface area contributed by atoms with Gasteiger partial charge in [-0.2, -0.15) is 5.26 Å². The number of benzene rings is 2. The number of carbonyl (C=O) groups excluding carboxylic acids is 1. The van der Waals surface area contributed by atoms with E-state index in [-0.39, 0.29) is 16.9 Å². The second-order valence-electron chi connectivity index (χ2n) is 4.51. The molecule has 0 aliphatic rings. The number of hydrogen-bond donors (Lipinski definition) is 0. The molecule has 3 rings (SSSR count). The van der Waals surface area contributed by atoms with Gasteiger partial charge in [-0.05, 0) is 30.3 Å². The van der Waals surface area contributed by atoms with Gasteiger partial charge in [0.2, 0.25) is 0 Å². The molecular weight excluding hydrogens is 282 g/mol. The predicted molar refractivity (Wildman–Crippen MR) is 78.6 cm³/mol. The first kappa shape index (κ1) is 13.6. The maximum Gasteiger partial charge on any atom is 0.354 e. The Labute approximate surface area is 125 Å². The Kier molecular flexibility index (Phi) is 3.42. The van der Waals surface area contributed by atoms with Crippen molar-refractivity contribution in [3.63, 3.8) is 0 Å². The van der Waals surface area contributed by atoms with Crippen LogP contribution < -0.4 is 10.4 Å². The van der Waals surface area contributed by atoms with Crippen molar-refractivity contribution in [1.29, 1.82) is 5.26 Å². The maximum absolute atomic E-state index is 12.0. The zero-order valence-corrected chi connectivity index (χ0v) is 11.3. The van der Waals surface area contributed by atoms with Crippen molar-refractivity contribution in [2.45, 2.75) is 0 Å². The minimum absolute atomic E-state index is 0.0680. The Bertz CT molecular complexity index is 952. The largest absolute Gasteiger partial charge is 0.423 e. The van der Waals surface area contributed by atoms with Gasteiger partial charge in [0, 0.05) is 11.5 Å². The summed E-state index contributed by atoms with van der Waals surface area (Å²) in [7, 11) is 0. The number of nitrogens with zero attached hydrogens (tertiary/aromatic N) is 1. The highest BCUT2D eigenvalue weighted by Crippen LogP contribution is 2.21. The van der Waals surface area contributed by atoms with Crippen LogP contribution in [0, 0.1) is 11.3 Å². The lowest BCUT2D eigenvalue weighted by Gasteiger charge is -2.05. The van der Waals surface area contributed by atoms with E-state index in [9.17, 15) is 9.59 Å². The van der Waals surface area contributed by atoms with Gasteiger partial charge in [0.15, 0.2) is 0 Å². The van der Waals surface area contributed by atoms with Crippen molar-refractivity contribution in [1.82, 2.24) is 0 Å². The average Bonchev–Trinajstić information content (AvgIpc) is 2.55. The molecule has 3 aromatic rings. The van der Waals surface area contributed by atoms with Crippen LogP contribution in [0.25, 0.3) is 11.0 Å². The molecule has 1 heterocycles. The van der Waals surface area contributed by atoms with Crippen molar-refractivity contribution < 1.29 is 13.9 Å². The Hall–Kier alpha value is -3.39. The second kappa shape index (κ2) is 5.54. The zero-order chi connectivity index (χ0) is 15.5. The molecule has 5 nitrogen and oxygen atoms in total. The zero-order valence-electron chi connectivity index (χ0n) is 11.3. The number of ether oxygens (including phenoxy) is 1. The molecule has 0 bridgehead atoms. The van der Waals surface area contributed by atoms with E-state index < -0.39 is 11.6 Å². The summed E-state index contributed by atoms with van der Waals surface area (Å²) in [6.45, 7) is 0. The van der Waals surface area contributed by atoms with Crippen LogP contribution in [-0.4, -0.2) is 5.97 Å². The molecule has 0 fully saturated rings. The molecule has 106 valence electrons. The van der Waals surface area contributed by atoms with Gasteiger partial charge in [-0.3, -0.25) is 0 Å². The highest BCUT2D eigenvalue weighted by Gasteiger charge is 2.10. The fourth-order valence-electron chi connectivity index (χ4n) is 1.97. The first-order chi connectivity index (χ1) is 10.7.